The second-order valence-corrected chi connectivity index (χ2v) is 13.0. The standard InChI is InChI=1S/C33H41N3O5S/c1-24-12-10-13-25(2)32(24)36(42(4,39)40)23-31(37)35(22-27-16-11-19-29(20-27)41-3)30(21-26-14-6-5-7-15-26)33(38)34-28-17-8-9-18-28/h5-7,10-16,19-20,28,30H,8-9,17-18,21-23H2,1-4H3,(H,34,38)/t30-/m0/s1. The highest BCUT2D eigenvalue weighted by Gasteiger charge is 2.34. The van der Waals surface area contributed by atoms with Crippen LogP contribution in [0.5, 0.6) is 5.75 Å². The van der Waals surface area contributed by atoms with Gasteiger partial charge in [0.25, 0.3) is 0 Å². The average molecular weight is 592 g/mol. The van der Waals surface area contributed by atoms with Gasteiger partial charge in [-0.2, -0.15) is 0 Å². The van der Waals surface area contributed by atoms with Gasteiger partial charge >= 0.3 is 0 Å². The van der Waals surface area contributed by atoms with Crippen molar-refractivity contribution in [2.45, 2.75) is 64.6 Å². The van der Waals surface area contributed by atoms with Crippen LogP contribution in [-0.4, -0.2) is 57.1 Å². The minimum absolute atomic E-state index is 0.0617. The minimum Gasteiger partial charge on any atom is -0.497 e. The maximum Gasteiger partial charge on any atom is 0.244 e. The molecule has 0 radical (unpaired) electrons. The summed E-state index contributed by atoms with van der Waals surface area (Å²) < 4.78 is 32.8. The third-order valence-electron chi connectivity index (χ3n) is 7.83. The molecule has 1 aliphatic rings. The summed E-state index contributed by atoms with van der Waals surface area (Å²) in [7, 11) is -2.26. The molecule has 3 aromatic rings. The molecule has 0 spiro atoms. The van der Waals surface area contributed by atoms with Crippen LogP contribution in [0.3, 0.4) is 0 Å². The number of amides is 2. The molecule has 0 aliphatic heterocycles. The Morgan fingerprint density at radius 1 is 0.929 bits per heavy atom. The normalized spacial score (nSPS) is 14.3. The van der Waals surface area contributed by atoms with Crippen molar-refractivity contribution in [2.24, 2.45) is 0 Å². The Bertz CT molecular complexity index is 1470. The minimum atomic E-state index is -3.83. The number of hydrogen-bond donors (Lipinski definition) is 1. The van der Waals surface area contributed by atoms with Crippen LogP contribution in [0, 0.1) is 13.8 Å². The first-order valence-corrected chi connectivity index (χ1v) is 16.2. The van der Waals surface area contributed by atoms with E-state index < -0.39 is 28.5 Å². The first kappa shape index (κ1) is 31.1. The maximum absolute atomic E-state index is 14.3. The summed E-state index contributed by atoms with van der Waals surface area (Å²) >= 11 is 0. The van der Waals surface area contributed by atoms with Crippen molar-refractivity contribution in [2.75, 3.05) is 24.2 Å². The van der Waals surface area contributed by atoms with Crippen molar-refractivity contribution < 1.29 is 22.7 Å². The van der Waals surface area contributed by atoms with Crippen molar-refractivity contribution >= 4 is 27.5 Å². The quantitative estimate of drug-likeness (QED) is 0.327. The van der Waals surface area contributed by atoms with Crippen LogP contribution in [0.25, 0.3) is 0 Å². The van der Waals surface area contributed by atoms with Crippen LogP contribution < -0.4 is 14.4 Å². The number of nitrogens with one attached hydrogen (secondary N) is 1. The molecule has 0 bridgehead atoms. The first-order chi connectivity index (χ1) is 20.1. The average Bonchev–Trinajstić information content (AvgIpc) is 3.47. The van der Waals surface area contributed by atoms with Crippen molar-refractivity contribution in [3.8, 4) is 5.75 Å². The molecule has 1 atom stereocenters. The van der Waals surface area contributed by atoms with Gasteiger partial charge in [-0.15, -0.1) is 0 Å². The SMILES string of the molecule is COc1cccc(CN(C(=O)CN(c2c(C)cccc2C)S(C)(=O)=O)[C@@H](Cc2ccccc2)C(=O)NC2CCCC2)c1. The van der Waals surface area contributed by atoms with E-state index in [9.17, 15) is 18.0 Å². The number of hydrogen-bond acceptors (Lipinski definition) is 5. The molecule has 0 aromatic heterocycles. The number of para-hydroxylation sites is 1. The molecule has 9 heteroatoms. The number of sulfonamides is 1. The highest BCUT2D eigenvalue weighted by Crippen LogP contribution is 2.28. The van der Waals surface area contributed by atoms with E-state index in [0.29, 0.717) is 11.4 Å². The maximum atomic E-state index is 14.3. The van der Waals surface area contributed by atoms with E-state index in [-0.39, 0.29) is 24.9 Å². The van der Waals surface area contributed by atoms with E-state index >= 15 is 0 Å². The Morgan fingerprint density at radius 2 is 1.55 bits per heavy atom. The lowest BCUT2D eigenvalue weighted by Gasteiger charge is -2.34. The molecule has 4 rings (SSSR count). The van der Waals surface area contributed by atoms with Crippen molar-refractivity contribution in [1.29, 1.82) is 0 Å². The molecular weight excluding hydrogens is 550 g/mol. The lowest BCUT2D eigenvalue weighted by molar-refractivity contribution is -0.140. The van der Waals surface area contributed by atoms with Crippen molar-refractivity contribution in [1.82, 2.24) is 10.2 Å². The van der Waals surface area contributed by atoms with Crippen LogP contribution in [-0.2, 0) is 32.6 Å². The number of methoxy groups -OCH3 is 1. The number of carbonyl (C=O) groups is 2. The van der Waals surface area contributed by atoms with E-state index in [1.165, 1.54) is 4.90 Å². The van der Waals surface area contributed by atoms with Crippen LogP contribution >= 0.6 is 0 Å². The summed E-state index contributed by atoms with van der Waals surface area (Å²) in [5.74, 6) is -0.0726. The summed E-state index contributed by atoms with van der Waals surface area (Å²) in [6.45, 7) is 3.32. The highest BCUT2D eigenvalue weighted by atomic mass is 32.2. The molecule has 2 amide bonds. The van der Waals surface area contributed by atoms with Gasteiger partial charge in [-0.1, -0.05) is 73.5 Å². The van der Waals surface area contributed by atoms with E-state index in [1.807, 2.05) is 86.6 Å². The number of rotatable bonds is 12. The third-order valence-corrected chi connectivity index (χ3v) is 8.94. The number of nitrogens with zero attached hydrogens (tertiary/aromatic N) is 2. The zero-order valence-corrected chi connectivity index (χ0v) is 25.7. The number of anilines is 1. The second-order valence-electron chi connectivity index (χ2n) is 11.1. The zero-order valence-electron chi connectivity index (χ0n) is 24.9. The molecule has 1 fully saturated rings. The fourth-order valence-corrected chi connectivity index (χ4v) is 6.63. The van der Waals surface area contributed by atoms with Gasteiger partial charge in [0.1, 0.15) is 18.3 Å². The predicted octanol–water partition coefficient (Wildman–Crippen LogP) is 4.78. The molecular formula is C33H41N3O5S. The summed E-state index contributed by atoms with van der Waals surface area (Å²) in [5.41, 5.74) is 3.64. The first-order valence-electron chi connectivity index (χ1n) is 14.4. The van der Waals surface area contributed by atoms with Gasteiger partial charge in [-0.25, -0.2) is 8.42 Å². The van der Waals surface area contributed by atoms with E-state index in [4.69, 9.17) is 4.74 Å². The highest BCUT2D eigenvalue weighted by molar-refractivity contribution is 7.92. The monoisotopic (exact) mass is 591 g/mol. The van der Waals surface area contributed by atoms with Crippen LogP contribution in [0.2, 0.25) is 0 Å². The molecule has 0 unspecified atom stereocenters. The lowest BCUT2D eigenvalue weighted by Crippen LogP contribution is -2.54. The third kappa shape index (κ3) is 7.91. The van der Waals surface area contributed by atoms with Gasteiger partial charge < -0.3 is 15.0 Å². The molecule has 1 saturated carbocycles. The summed E-state index contributed by atoms with van der Waals surface area (Å²) in [6.07, 6.45) is 5.31. The van der Waals surface area contributed by atoms with Crippen molar-refractivity contribution in [3.63, 3.8) is 0 Å². The van der Waals surface area contributed by atoms with E-state index in [1.54, 1.807) is 7.11 Å². The largest absolute Gasteiger partial charge is 0.497 e. The number of benzene rings is 3. The summed E-state index contributed by atoms with van der Waals surface area (Å²) in [4.78, 5) is 29.8. The topological polar surface area (TPSA) is 96.0 Å². The summed E-state index contributed by atoms with van der Waals surface area (Å²) in [6, 6.07) is 21.6. The van der Waals surface area contributed by atoms with Gasteiger partial charge in [-0.05, 0) is 61.1 Å². The van der Waals surface area contributed by atoms with Gasteiger partial charge in [-0.3, -0.25) is 13.9 Å². The Labute approximate surface area is 249 Å². The second kappa shape index (κ2) is 13.9. The van der Waals surface area contributed by atoms with Crippen LogP contribution in [0.15, 0.2) is 72.8 Å². The predicted molar refractivity (Wildman–Crippen MR) is 166 cm³/mol. The molecule has 1 N–H and O–H groups in total. The summed E-state index contributed by atoms with van der Waals surface area (Å²) in [5, 5.41) is 3.19. The fourth-order valence-electron chi connectivity index (χ4n) is 5.66. The molecule has 224 valence electrons. The Kier molecular flexibility index (Phi) is 10.3. The number of carbonyl (C=O) groups excluding carboxylic acids is 2. The number of ether oxygens (including phenoxy) is 1. The molecule has 1 aliphatic carbocycles. The van der Waals surface area contributed by atoms with Crippen LogP contribution in [0.4, 0.5) is 5.69 Å². The Morgan fingerprint density at radius 3 is 2.17 bits per heavy atom. The van der Waals surface area contributed by atoms with Crippen molar-refractivity contribution in [3.05, 3.63) is 95.1 Å². The smallest absolute Gasteiger partial charge is 0.244 e. The lowest BCUT2D eigenvalue weighted by atomic mass is 10.0. The molecule has 42 heavy (non-hydrogen) atoms. The molecule has 0 saturated heterocycles. The van der Waals surface area contributed by atoms with E-state index in [0.717, 1.165) is 58.5 Å². The van der Waals surface area contributed by atoms with Gasteiger partial charge in [0.15, 0.2) is 0 Å². The molecule has 8 nitrogen and oxygen atoms in total. The number of aryl methyl sites for hydroxylation is 2. The Balaban J connectivity index is 1.76. The van der Waals surface area contributed by atoms with E-state index in [2.05, 4.69) is 5.32 Å². The molecule has 0 heterocycles. The zero-order chi connectivity index (χ0) is 30.3. The van der Waals surface area contributed by atoms with Gasteiger partial charge in [0, 0.05) is 19.0 Å². The Hall–Kier alpha value is -3.85. The van der Waals surface area contributed by atoms with Crippen LogP contribution in [0.1, 0.15) is 47.9 Å². The fraction of sp³-hybridized carbons (Fsp3) is 0.394. The van der Waals surface area contributed by atoms with Gasteiger partial charge in [0.2, 0.25) is 21.8 Å². The van der Waals surface area contributed by atoms with Gasteiger partial charge in [0.05, 0.1) is 19.1 Å². The molecule has 3 aromatic carbocycles.